The van der Waals surface area contributed by atoms with Gasteiger partial charge in [0.15, 0.2) is 5.69 Å². The standard InChI is InChI=1S/C54H50N4Si2/c1-56-46-22-30-50(31-23-46)58(52-34-38-54(39-35-52)60(5,6)7)48-26-18-44(19-27-48)15-13-42-10-8-41(9-11-42)12-14-43-16-24-47(25-17-43)57(49-28-20-45(40-55)21-29-49)51-32-36-53(37-33-51)59(2,3)4/h8-39H,2-7H3/b14-12+,15-13+. The van der Waals surface area contributed by atoms with Gasteiger partial charge in [-0.1, -0.05) is 159 Å². The van der Waals surface area contributed by atoms with Gasteiger partial charge in [-0.15, -0.1) is 0 Å². The van der Waals surface area contributed by atoms with Gasteiger partial charge in [0.2, 0.25) is 0 Å². The lowest BCUT2D eigenvalue weighted by molar-refractivity contribution is 1.28. The maximum atomic E-state index is 9.39. The number of anilines is 6. The average Bonchev–Trinajstić information content (AvgIpc) is 3.26. The van der Waals surface area contributed by atoms with Crippen LogP contribution in [0, 0.1) is 17.9 Å². The van der Waals surface area contributed by atoms with Crippen molar-refractivity contribution in [1.29, 1.82) is 5.26 Å². The summed E-state index contributed by atoms with van der Waals surface area (Å²) in [6.07, 6.45) is 8.59. The Morgan fingerprint density at radius 3 is 0.917 bits per heavy atom. The van der Waals surface area contributed by atoms with Crippen LogP contribution in [0.4, 0.5) is 39.8 Å². The normalized spacial score (nSPS) is 11.7. The maximum Gasteiger partial charge on any atom is 0.187 e. The summed E-state index contributed by atoms with van der Waals surface area (Å²) >= 11 is 0. The van der Waals surface area contributed by atoms with Gasteiger partial charge in [-0.25, -0.2) is 4.85 Å². The molecule has 0 bridgehead atoms. The van der Waals surface area contributed by atoms with Crippen molar-refractivity contribution in [2.24, 2.45) is 0 Å². The Morgan fingerprint density at radius 1 is 0.400 bits per heavy atom. The van der Waals surface area contributed by atoms with Gasteiger partial charge in [0.1, 0.15) is 0 Å². The molecule has 0 aliphatic rings. The smallest absolute Gasteiger partial charge is 0.187 e. The summed E-state index contributed by atoms with van der Waals surface area (Å²) in [5.74, 6) is 0. The van der Waals surface area contributed by atoms with Crippen LogP contribution in [0.15, 0.2) is 170 Å². The summed E-state index contributed by atoms with van der Waals surface area (Å²) in [5.41, 5.74) is 12.1. The molecule has 0 unspecified atom stereocenters. The van der Waals surface area contributed by atoms with E-state index in [1.165, 1.54) is 10.4 Å². The molecule has 0 saturated carbocycles. The Morgan fingerprint density at radius 2 is 0.650 bits per heavy atom. The fraction of sp³-hybridized carbons (Fsp3) is 0.111. The van der Waals surface area contributed by atoms with Gasteiger partial charge in [-0.05, 0) is 107 Å². The zero-order valence-corrected chi connectivity index (χ0v) is 37.3. The lowest BCUT2D eigenvalue weighted by Crippen LogP contribution is -2.37. The Bertz CT molecular complexity index is 2480. The molecule has 0 aliphatic carbocycles. The van der Waals surface area contributed by atoms with E-state index >= 15 is 0 Å². The van der Waals surface area contributed by atoms with E-state index in [1.54, 1.807) is 0 Å². The minimum atomic E-state index is -1.43. The summed E-state index contributed by atoms with van der Waals surface area (Å²) in [4.78, 5) is 8.08. The molecule has 294 valence electrons. The predicted octanol–water partition coefficient (Wildman–Crippen LogP) is 14.5. The molecule has 0 aliphatic heterocycles. The van der Waals surface area contributed by atoms with Crippen LogP contribution in [-0.2, 0) is 0 Å². The van der Waals surface area contributed by atoms with Crippen molar-refractivity contribution >= 4 is 90.6 Å². The molecule has 0 heterocycles. The number of nitriles is 1. The van der Waals surface area contributed by atoms with Crippen molar-refractivity contribution in [1.82, 2.24) is 0 Å². The first-order valence-corrected chi connectivity index (χ1v) is 27.3. The summed E-state index contributed by atoms with van der Waals surface area (Å²) in [5, 5.41) is 12.2. The molecule has 60 heavy (non-hydrogen) atoms. The topological polar surface area (TPSA) is 34.6 Å². The molecule has 0 saturated heterocycles. The van der Waals surface area contributed by atoms with E-state index < -0.39 is 16.1 Å². The Hall–Kier alpha value is -6.97. The van der Waals surface area contributed by atoms with Gasteiger partial charge in [0.25, 0.3) is 0 Å². The van der Waals surface area contributed by atoms with Crippen molar-refractivity contribution < 1.29 is 0 Å². The van der Waals surface area contributed by atoms with E-state index in [-0.39, 0.29) is 0 Å². The zero-order chi connectivity index (χ0) is 42.3. The number of hydrogen-bond acceptors (Lipinski definition) is 3. The highest BCUT2D eigenvalue weighted by atomic mass is 28.3. The van der Waals surface area contributed by atoms with Crippen LogP contribution in [0.25, 0.3) is 29.1 Å². The maximum absolute atomic E-state index is 9.39. The largest absolute Gasteiger partial charge is 0.311 e. The molecule has 4 nitrogen and oxygen atoms in total. The second kappa shape index (κ2) is 17.9. The second-order valence-corrected chi connectivity index (χ2v) is 27.2. The highest BCUT2D eigenvalue weighted by Crippen LogP contribution is 2.37. The van der Waals surface area contributed by atoms with Crippen molar-refractivity contribution in [3.63, 3.8) is 0 Å². The summed E-state index contributed by atoms with van der Waals surface area (Å²) in [7, 11) is -2.86. The molecular weight excluding hydrogens is 761 g/mol. The summed E-state index contributed by atoms with van der Waals surface area (Å²) in [6.45, 7) is 21.6. The van der Waals surface area contributed by atoms with Gasteiger partial charge in [0, 0.05) is 34.1 Å². The van der Waals surface area contributed by atoms with Crippen LogP contribution in [-0.4, -0.2) is 16.1 Å². The van der Waals surface area contributed by atoms with Crippen LogP contribution in [0.3, 0.4) is 0 Å². The first kappa shape index (κ1) is 41.2. The molecule has 7 aromatic carbocycles. The van der Waals surface area contributed by atoms with E-state index in [0.717, 1.165) is 56.4 Å². The Labute approximate surface area is 358 Å². The SMILES string of the molecule is [C-]#[N+]c1ccc(N(c2ccc(/C=C/c3ccc(/C=C/c4ccc(N(c5ccc(C#N)cc5)c5ccc([Si](C)(C)C)cc5)cc4)cc3)cc2)c2ccc([Si](C)(C)C)cc2)cc1. The fourth-order valence-electron chi connectivity index (χ4n) is 7.05. The highest BCUT2D eigenvalue weighted by molar-refractivity contribution is 6.89. The third-order valence-corrected chi connectivity index (χ3v) is 14.8. The van der Waals surface area contributed by atoms with Crippen molar-refractivity contribution in [2.45, 2.75) is 39.3 Å². The molecule has 0 atom stereocenters. The second-order valence-electron chi connectivity index (χ2n) is 17.1. The summed E-state index contributed by atoms with van der Waals surface area (Å²) in [6, 6.07) is 61.5. The monoisotopic (exact) mass is 810 g/mol. The number of rotatable bonds is 12. The molecule has 7 rings (SSSR count). The molecular formula is C54H50N4Si2. The molecule has 0 spiro atoms. The van der Waals surface area contributed by atoms with Crippen LogP contribution in [0.1, 0.15) is 27.8 Å². The van der Waals surface area contributed by atoms with E-state index in [9.17, 15) is 5.26 Å². The van der Waals surface area contributed by atoms with E-state index in [4.69, 9.17) is 6.57 Å². The minimum absolute atomic E-state index is 0.631. The van der Waals surface area contributed by atoms with Crippen LogP contribution >= 0.6 is 0 Å². The Kier molecular flexibility index (Phi) is 12.3. The van der Waals surface area contributed by atoms with E-state index in [2.05, 4.69) is 206 Å². The lowest BCUT2D eigenvalue weighted by Gasteiger charge is -2.27. The predicted molar refractivity (Wildman–Crippen MR) is 263 cm³/mol. The Balaban J connectivity index is 1.04. The molecule has 0 aromatic heterocycles. The number of benzene rings is 7. The highest BCUT2D eigenvalue weighted by Gasteiger charge is 2.20. The lowest BCUT2D eigenvalue weighted by atomic mass is 10.1. The van der Waals surface area contributed by atoms with Gasteiger partial charge in [-0.3, -0.25) is 0 Å². The van der Waals surface area contributed by atoms with Crippen LogP contribution in [0.5, 0.6) is 0 Å². The molecule has 0 N–H and O–H groups in total. The van der Waals surface area contributed by atoms with Crippen molar-refractivity contribution in [3.8, 4) is 6.07 Å². The minimum Gasteiger partial charge on any atom is -0.311 e. The van der Waals surface area contributed by atoms with Gasteiger partial charge >= 0.3 is 0 Å². The third-order valence-electron chi connectivity index (χ3n) is 10.7. The quantitative estimate of drug-likeness (QED) is 0.0700. The first-order chi connectivity index (χ1) is 28.9. The third kappa shape index (κ3) is 10.00. The first-order valence-electron chi connectivity index (χ1n) is 20.3. The number of hydrogen-bond donors (Lipinski definition) is 0. The van der Waals surface area contributed by atoms with Gasteiger partial charge < -0.3 is 9.80 Å². The van der Waals surface area contributed by atoms with Crippen LogP contribution < -0.4 is 20.2 Å². The van der Waals surface area contributed by atoms with Crippen LogP contribution in [0.2, 0.25) is 39.3 Å². The number of nitrogens with zero attached hydrogens (tertiary/aromatic N) is 4. The molecule has 0 amide bonds. The van der Waals surface area contributed by atoms with E-state index in [1.807, 2.05) is 48.5 Å². The van der Waals surface area contributed by atoms with E-state index in [0.29, 0.717) is 11.3 Å². The molecule has 6 heteroatoms. The van der Waals surface area contributed by atoms with Crippen molar-refractivity contribution in [3.05, 3.63) is 209 Å². The zero-order valence-electron chi connectivity index (χ0n) is 35.3. The molecule has 7 aromatic rings. The molecule has 0 radical (unpaired) electrons. The summed E-state index contributed by atoms with van der Waals surface area (Å²) < 4.78 is 0. The van der Waals surface area contributed by atoms with Crippen molar-refractivity contribution in [2.75, 3.05) is 9.80 Å². The fourth-order valence-corrected chi connectivity index (χ4v) is 9.38. The van der Waals surface area contributed by atoms with Gasteiger partial charge in [0.05, 0.1) is 34.4 Å². The van der Waals surface area contributed by atoms with Gasteiger partial charge in [-0.2, -0.15) is 5.26 Å². The average molecular weight is 811 g/mol. The molecule has 0 fully saturated rings.